The topological polar surface area (TPSA) is 42.0 Å². The average molecular weight is 250 g/mol. The summed E-state index contributed by atoms with van der Waals surface area (Å²) in [6.45, 7) is 2.48. The predicted molar refractivity (Wildman–Crippen MR) is 69.2 cm³/mol. The molecule has 0 N–H and O–H groups in total. The molecule has 0 saturated carbocycles. The SMILES string of the molecule is COc1ccccc1N(C)C(=O)N1CCOCC1. The van der Waals surface area contributed by atoms with E-state index in [2.05, 4.69) is 0 Å². The number of carbonyl (C=O) groups excluding carboxylic acids is 1. The highest BCUT2D eigenvalue weighted by Crippen LogP contribution is 2.27. The summed E-state index contributed by atoms with van der Waals surface area (Å²) >= 11 is 0. The zero-order valence-corrected chi connectivity index (χ0v) is 10.8. The van der Waals surface area contributed by atoms with Crippen LogP contribution in [0.1, 0.15) is 0 Å². The van der Waals surface area contributed by atoms with Crippen LogP contribution in [0.2, 0.25) is 0 Å². The zero-order chi connectivity index (χ0) is 13.0. The van der Waals surface area contributed by atoms with Gasteiger partial charge >= 0.3 is 6.03 Å². The number of hydrogen-bond acceptors (Lipinski definition) is 3. The Kier molecular flexibility index (Phi) is 4.04. The number of ether oxygens (including phenoxy) is 2. The molecule has 18 heavy (non-hydrogen) atoms. The Labute approximate surface area is 107 Å². The molecule has 0 radical (unpaired) electrons. The molecule has 1 aliphatic heterocycles. The third-order valence-corrected chi connectivity index (χ3v) is 3.02. The van der Waals surface area contributed by atoms with Crippen LogP contribution in [-0.2, 0) is 4.74 Å². The lowest BCUT2D eigenvalue weighted by Crippen LogP contribution is -2.47. The summed E-state index contributed by atoms with van der Waals surface area (Å²) in [5.74, 6) is 0.696. The van der Waals surface area contributed by atoms with Gasteiger partial charge in [0.05, 0.1) is 26.0 Å². The molecule has 0 atom stereocenters. The molecule has 5 nitrogen and oxygen atoms in total. The standard InChI is InChI=1S/C13H18N2O3/c1-14(11-5-3-4-6-12(11)17-2)13(16)15-7-9-18-10-8-15/h3-6H,7-10H2,1-2H3. The minimum absolute atomic E-state index is 0.0252. The number of morpholine rings is 1. The second-order valence-electron chi connectivity index (χ2n) is 4.11. The number of anilines is 1. The molecule has 1 saturated heterocycles. The van der Waals surface area contributed by atoms with Crippen LogP contribution in [0.4, 0.5) is 10.5 Å². The summed E-state index contributed by atoms with van der Waals surface area (Å²) in [5, 5.41) is 0. The summed E-state index contributed by atoms with van der Waals surface area (Å²) < 4.78 is 10.5. The molecular formula is C13H18N2O3. The van der Waals surface area contributed by atoms with Crippen molar-refractivity contribution in [2.75, 3.05) is 45.4 Å². The number of benzene rings is 1. The minimum atomic E-state index is -0.0252. The molecule has 0 aromatic heterocycles. The van der Waals surface area contributed by atoms with E-state index in [1.165, 1.54) is 0 Å². The first-order valence-corrected chi connectivity index (χ1v) is 5.97. The van der Waals surface area contributed by atoms with E-state index in [9.17, 15) is 4.79 Å². The molecule has 0 aliphatic carbocycles. The number of urea groups is 1. The highest BCUT2D eigenvalue weighted by Gasteiger charge is 2.22. The molecule has 0 unspecified atom stereocenters. The highest BCUT2D eigenvalue weighted by atomic mass is 16.5. The number of rotatable bonds is 2. The lowest BCUT2D eigenvalue weighted by molar-refractivity contribution is 0.0551. The Bertz CT molecular complexity index is 416. The van der Waals surface area contributed by atoms with Gasteiger partial charge in [0.25, 0.3) is 0 Å². The Morgan fingerprint density at radius 3 is 2.67 bits per heavy atom. The van der Waals surface area contributed by atoms with Crippen molar-refractivity contribution in [1.29, 1.82) is 0 Å². The van der Waals surface area contributed by atoms with Gasteiger partial charge in [0.2, 0.25) is 0 Å². The largest absolute Gasteiger partial charge is 0.495 e. The van der Waals surface area contributed by atoms with Crippen LogP contribution in [0.25, 0.3) is 0 Å². The number of amides is 2. The van der Waals surface area contributed by atoms with E-state index in [1.807, 2.05) is 24.3 Å². The summed E-state index contributed by atoms with van der Waals surface area (Å²) in [7, 11) is 3.36. The number of methoxy groups -OCH3 is 1. The molecule has 0 bridgehead atoms. The summed E-state index contributed by atoms with van der Waals surface area (Å²) in [5.41, 5.74) is 0.775. The van der Waals surface area contributed by atoms with Crippen molar-refractivity contribution >= 4 is 11.7 Å². The lowest BCUT2D eigenvalue weighted by atomic mass is 10.2. The van der Waals surface area contributed by atoms with Gasteiger partial charge in [-0.1, -0.05) is 12.1 Å². The van der Waals surface area contributed by atoms with E-state index in [1.54, 1.807) is 24.0 Å². The smallest absolute Gasteiger partial charge is 0.324 e. The molecule has 1 fully saturated rings. The van der Waals surface area contributed by atoms with Crippen LogP contribution in [-0.4, -0.2) is 51.4 Å². The van der Waals surface area contributed by atoms with E-state index < -0.39 is 0 Å². The van der Waals surface area contributed by atoms with Crippen molar-refractivity contribution in [3.8, 4) is 5.75 Å². The molecule has 2 amide bonds. The number of nitrogens with zero attached hydrogens (tertiary/aromatic N) is 2. The summed E-state index contributed by atoms with van der Waals surface area (Å²) in [6, 6.07) is 7.47. The average Bonchev–Trinajstić information content (AvgIpc) is 2.46. The Balaban J connectivity index is 2.14. The van der Waals surface area contributed by atoms with E-state index in [0.717, 1.165) is 5.69 Å². The van der Waals surface area contributed by atoms with Crippen molar-refractivity contribution in [3.63, 3.8) is 0 Å². The number of carbonyl (C=O) groups is 1. The second-order valence-corrected chi connectivity index (χ2v) is 4.11. The third-order valence-electron chi connectivity index (χ3n) is 3.02. The molecule has 98 valence electrons. The predicted octanol–water partition coefficient (Wildman–Crippen LogP) is 1.58. The number of para-hydroxylation sites is 2. The maximum absolute atomic E-state index is 12.3. The fourth-order valence-electron chi connectivity index (χ4n) is 1.98. The van der Waals surface area contributed by atoms with Gasteiger partial charge in [0, 0.05) is 20.1 Å². The monoisotopic (exact) mass is 250 g/mol. The van der Waals surface area contributed by atoms with Gasteiger partial charge in [-0.15, -0.1) is 0 Å². The first-order valence-electron chi connectivity index (χ1n) is 5.97. The van der Waals surface area contributed by atoms with Crippen molar-refractivity contribution < 1.29 is 14.3 Å². The van der Waals surface area contributed by atoms with Crippen LogP contribution in [0.5, 0.6) is 5.75 Å². The van der Waals surface area contributed by atoms with Gasteiger partial charge < -0.3 is 14.4 Å². The van der Waals surface area contributed by atoms with Gasteiger partial charge in [0.15, 0.2) is 0 Å². The van der Waals surface area contributed by atoms with Gasteiger partial charge in [-0.2, -0.15) is 0 Å². The lowest BCUT2D eigenvalue weighted by Gasteiger charge is -2.31. The Morgan fingerprint density at radius 1 is 1.33 bits per heavy atom. The van der Waals surface area contributed by atoms with Crippen LogP contribution >= 0.6 is 0 Å². The second kappa shape index (κ2) is 5.73. The summed E-state index contributed by atoms with van der Waals surface area (Å²) in [6.07, 6.45) is 0. The molecule has 2 rings (SSSR count). The zero-order valence-electron chi connectivity index (χ0n) is 10.8. The van der Waals surface area contributed by atoms with Crippen LogP contribution in [0.15, 0.2) is 24.3 Å². The minimum Gasteiger partial charge on any atom is -0.495 e. The van der Waals surface area contributed by atoms with Gasteiger partial charge in [-0.05, 0) is 12.1 Å². The van der Waals surface area contributed by atoms with Gasteiger partial charge in [0.1, 0.15) is 5.75 Å². The fourth-order valence-corrected chi connectivity index (χ4v) is 1.98. The first kappa shape index (κ1) is 12.7. The first-order chi connectivity index (χ1) is 8.74. The highest BCUT2D eigenvalue weighted by molar-refractivity contribution is 5.93. The molecule has 1 aromatic rings. The number of hydrogen-bond donors (Lipinski definition) is 0. The van der Waals surface area contributed by atoms with Crippen LogP contribution in [0, 0.1) is 0 Å². The van der Waals surface area contributed by atoms with E-state index in [0.29, 0.717) is 32.1 Å². The summed E-state index contributed by atoms with van der Waals surface area (Å²) in [4.78, 5) is 15.7. The molecule has 1 aromatic carbocycles. The maximum Gasteiger partial charge on any atom is 0.324 e. The van der Waals surface area contributed by atoms with E-state index >= 15 is 0 Å². The quantitative estimate of drug-likeness (QED) is 0.800. The maximum atomic E-state index is 12.3. The van der Waals surface area contributed by atoms with Gasteiger partial charge in [-0.3, -0.25) is 4.90 Å². The van der Waals surface area contributed by atoms with Crippen molar-refractivity contribution in [1.82, 2.24) is 4.90 Å². The Morgan fingerprint density at radius 2 is 2.00 bits per heavy atom. The normalized spacial score (nSPS) is 15.3. The molecule has 0 spiro atoms. The molecule has 1 aliphatic rings. The van der Waals surface area contributed by atoms with Crippen molar-refractivity contribution in [2.45, 2.75) is 0 Å². The molecule has 1 heterocycles. The third kappa shape index (κ3) is 2.56. The van der Waals surface area contributed by atoms with E-state index in [4.69, 9.17) is 9.47 Å². The van der Waals surface area contributed by atoms with Crippen molar-refractivity contribution in [2.24, 2.45) is 0 Å². The van der Waals surface area contributed by atoms with E-state index in [-0.39, 0.29) is 6.03 Å². The molecular weight excluding hydrogens is 232 g/mol. The van der Waals surface area contributed by atoms with Crippen molar-refractivity contribution in [3.05, 3.63) is 24.3 Å². The van der Waals surface area contributed by atoms with Gasteiger partial charge in [-0.25, -0.2) is 4.79 Å². The van der Waals surface area contributed by atoms with Crippen LogP contribution in [0.3, 0.4) is 0 Å². The fraction of sp³-hybridized carbons (Fsp3) is 0.462. The molecule has 5 heteroatoms. The van der Waals surface area contributed by atoms with Crippen LogP contribution < -0.4 is 9.64 Å². The Hall–Kier alpha value is -1.75.